The first-order valence-corrected chi connectivity index (χ1v) is 7.97. The van der Waals surface area contributed by atoms with E-state index in [0.717, 1.165) is 10.8 Å². The SMILES string of the molecule is Cl.O=S(=O)(c1cnn2c1CNCC2)N1CCC(F)(F)CC1. The van der Waals surface area contributed by atoms with E-state index >= 15 is 0 Å². The third-order valence-electron chi connectivity index (χ3n) is 3.77. The lowest BCUT2D eigenvalue weighted by molar-refractivity contribution is -0.0412. The summed E-state index contributed by atoms with van der Waals surface area (Å²) in [5, 5.41) is 7.16. The van der Waals surface area contributed by atoms with Crippen LogP contribution in [0.2, 0.25) is 0 Å². The number of nitrogens with one attached hydrogen (secondary N) is 1. The van der Waals surface area contributed by atoms with Gasteiger partial charge in [0.15, 0.2) is 0 Å². The van der Waals surface area contributed by atoms with E-state index in [-0.39, 0.29) is 30.4 Å². The van der Waals surface area contributed by atoms with Gasteiger partial charge >= 0.3 is 0 Å². The first kappa shape index (κ1) is 16.6. The number of fused-ring (bicyclic) bond motifs is 1. The highest BCUT2D eigenvalue weighted by Crippen LogP contribution is 2.31. The van der Waals surface area contributed by atoms with E-state index in [2.05, 4.69) is 10.4 Å². The van der Waals surface area contributed by atoms with Crippen LogP contribution in [0.4, 0.5) is 8.78 Å². The van der Waals surface area contributed by atoms with Gasteiger partial charge in [0.1, 0.15) is 4.90 Å². The second kappa shape index (κ2) is 5.79. The van der Waals surface area contributed by atoms with E-state index in [1.165, 1.54) is 6.20 Å². The van der Waals surface area contributed by atoms with Crippen LogP contribution in [-0.2, 0) is 23.1 Å². The maximum Gasteiger partial charge on any atom is 0.250 e. The molecule has 1 aromatic heterocycles. The molecule has 0 radical (unpaired) electrons. The van der Waals surface area contributed by atoms with Gasteiger partial charge < -0.3 is 5.32 Å². The van der Waals surface area contributed by atoms with E-state index < -0.39 is 28.8 Å². The molecule has 120 valence electrons. The first-order valence-electron chi connectivity index (χ1n) is 6.53. The highest BCUT2D eigenvalue weighted by molar-refractivity contribution is 7.89. The third kappa shape index (κ3) is 3.05. The van der Waals surface area contributed by atoms with Gasteiger partial charge in [0.25, 0.3) is 5.92 Å². The number of halogens is 3. The van der Waals surface area contributed by atoms with Crippen molar-refractivity contribution in [1.29, 1.82) is 0 Å². The molecule has 0 spiro atoms. The summed E-state index contributed by atoms with van der Waals surface area (Å²) in [5.74, 6) is -2.76. The van der Waals surface area contributed by atoms with Gasteiger partial charge in [-0.3, -0.25) is 4.68 Å². The highest BCUT2D eigenvalue weighted by atomic mass is 35.5. The standard InChI is InChI=1S/C11H16F2N4O2S.ClH/c12-11(13)1-4-16(5-2-11)20(18,19)10-8-15-17-6-3-14-7-9(10)17;/h8,14H,1-7H2;1H. The molecule has 0 saturated carbocycles. The van der Waals surface area contributed by atoms with Crippen molar-refractivity contribution in [3.8, 4) is 0 Å². The van der Waals surface area contributed by atoms with Crippen LogP contribution in [0.25, 0.3) is 0 Å². The number of aromatic nitrogens is 2. The molecule has 1 saturated heterocycles. The van der Waals surface area contributed by atoms with E-state index in [1.807, 2.05) is 0 Å². The molecule has 1 aromatic rings. The largest absolute Gasteiger partial charge is 0.309 e. The van der Waals surface area contributed by atoms with Crippen LogP contribution >= 0.6 is 12.4 Å². The molecule has 1 fully saturated rings. The quantitative estimate of drug-likeness (QED) is 0.864. The van der Waals surface area contributed by atoms with Gasteiger partial charge in [-0.15, -0.1) is 12.4 Å². The van der Waals surface area contributed by atoms with Gasteiger partial charge in [0, 0.05) is 39.0 Å². The van der Waals surface area contributed by atoms with Gasteiger partial charge in [0.2, 0.25) is 10.0 Å². The number of sulfonamides is 1. The molecule has 2 aliphatic heterocycles. The van der Waals surface area contributed by atoms with E-state index in [1.54, 1.807) is 4.68 Å². The molecule has 3 heterocycles. The Balaban J connectivity index is 0.00000161. The number of rotatable bonds is 2. The van der Waals surface area contributed by atoms with Gasteiger partial charge in [-0.1, -0.05) is 0 Å². The first-order chi connectivity index (χ1) is 9.40. The van der Waals surface area contributed by atoms with Gasteiger partial charge in [-0.2, -0.15) is 9.40 Å². The van der Waals surface area contributed by atoms with Crippen molar-refractivity contribution >= 4 is 22.4 Å². The van der Waals surface area contributed by atoms with E-state index in [4.69, 9.17) is 0 Å². The van der Waals surface area contributed by atoms with Crippen LogP contribution < -0.4 is 5.32 Å². The average Bonchev–Trinajstić information content (AvgIpc) is 2.82. The van der Waals surface area contributed by atoms with Crippen molar-refractivity contribution in [3.05, 3.63) is 11.9 Å². The summed E-state index contributed by atoms with van der Waals surface area (Å²) in [6.07, 6.45) is 0.478. The maximum absolute atomic E-state index is 13.1. The number of nitrogens with zero attached hydrogens (tertiary/aromatic N) is 3. The summed E-state index contributed by atoms with van der Waals surface area (Å²) in [6, 6.07) is 0. The van der Waals surface area contributed by atoms with Crippen LogP contribution in [0, 0.1) is 0 Å². The fourth-order valence-electron chi connectivity index (χ4n) is 2.56. The Labute approximate surface area is 128 Å². The lowest BCUT2D eigenvalue weighted by Gasteiger charge is -2.31. The minimum atomic E-state index is -3.73. The lowest BCUT2D eigenvalue weighted by Crippen LogP contribution is -2.43. The molecule has 0 atom stereocenters. The normalized spacial score (nSPS) is 22.4. The molecule has 6 nitrogen and oxygen atoms in total. The van der Waals surface area contributed by atoms with Crippen molar-refractivity contribution in [3.63, 3.8) is 0 Å². The maximum atomic E-state index is 13.1. The topological polar surface area (TPSA) is 67.2 Å². The molecule has 2 aliphatic rings. The van der Waals surface area contributed by atoms with Crippen LogP contribution in [-0.4, -0.2) is 48.1 Å². The second-order valence-electron chi connectivity index (χ2n) is 5.12. The van der Waals surface area contributed by atoms with Crippen LogP contribution in [0.15, 0.2) is 11.1 Å². The van der Waals surface area contributed by atoms with Crippen LogP contribution in [0.5, 0.6) is 0 Å². The number of alkyl halides is 2. The summed E-state index contributed by atoms with van der Waals surface area (Å²) in [4.78, 5) is 0.134. The third-order valence-corrected chi connectivity index (χ3v) is 5.72. The Hall–Kier alpha value is -0.770. The molecule has 21 heavy (non-hydrogen) atoms. The molecule has 0 bridgehead atoms. The van der Waals surface area contributed by atoms with E-state index in [0.29, 0.717) is 18.8 Å². The fraction of sp³-hybridized carbons (Fsp3) is 0.727. The number of hydrogen-bond acceptors (Lipinski definition) is 4. The lowest BCUT2D eigenvalue weighted by atomic mass is 10.1. The number of hydrogen-bond donors (Lipinski definition) is 1. The monoisotopic (exact) mass is 342 g/mol. The Kier molecular flexibility index (Phi) is 4.57. The molecule has 10 heteroatoms. The zero-order valence-corrected chi connectivity index (χ0v) is 12.9. The van der Waals surface area contributed by atoms with Crippen molar-refractivity contribution in [2.45, 2.75) is 36.7 Å². The minimum Gasteiger partial charge on any atom is -0.309 e. The molecule has 0 aromatic carbocycles. The Bertz CT molecular complexity index is 610. The number of piperidine rings is 1. The van der Waals surface area contributed by atoms with Gasteiger partial charge in [-0.05, 0) is 0 Å². The molecule has 1 N–H and O–H groups in total. The Morgan fingerprint density at radius 3 is 2.57 bits per heavy atom. The summed E-state index contributed by atoms with van der Waals surface area (Å²) in [5.41, 5.74) is 0.605. The zero-order valence-electron chi connectivity index (χ0n) is 11.3. The molecule has 0 amide bonds. The minimum absolute atomic E-state index is 0. The fourth-order valence-corrected chi connectivity index (χ4v) is 4.16. The zero-order chi connectivity index (χ0) is 14.4. The van der Waals surface area contributed by atoms with Crippen molar-refractivity contribution in [2.75, 3.05) is 19.6 Å². The molecular formula is C11H17ClF2N4O2S. The molecule has 3 rings (SSSR count). The summed E-state index contributed by atoms with van der Waals surface area (Å²) in [7, 11) is -3.73. The molecule has 0 aliphatic carbocycles. The predicted octanol–water partition coefficient (Wildman–Crippen LogP) is 0.828. The Morgan fingerprint density at radius 1 is 1.24 bits per heavy atom. The molecular weight excluding hydrogens is 326 g/mol. The van der Waals surface area contributed by atoms with Crippen LogP contribution in [0.1, 0.15) is 18.5 Å². The van der Waals surface area contributed by atoms with Crippen molar-refractivity contribution in [1.82, 2.24) is 19.4 Å². The smallest absolute Gasteiger partial charge is 0.250 e. The summed E-state index contributed by atoms with van der Waals surface area (Å²) in [6.45, 7) is 1.49. The average molecular weight is 343 g/mol. The van der Waals surface area contributed by atoms with E-state index in [9.17, 15) is 17.2 Å². The predicted molar refractivity (Wildman–Crippen MR) is 74.1 cm³/mol. The Morgan fingerprint density at radius 2 is 1.90 bits per heavy atom. The molecule has 0 unspecified atom stereocenters. The van der Waals surface area contributed by atoms with Gasteiger partial charge in [-0.25, -0.2) is 17.2 Å². The highest BCUT2D eigenvalue weighted by Gasteiger charge is 2.40. The van der Waals surface area contributed by atoms with Crippen molar-refractivity contribution < 1.29 is 17.2 Å². The van der Waals surface area contributed by atoms with Crippen LogP contribution in [0.3, 0.4) is 0 Å². The summed E-state index contributed by atoms with van der Waals surface area (Å²) >= 11 is 0. The van der Waals surface area contributed by atoms with Gasteiger partial charge in [0.05, 0.1) is 18.4 Å². The van der Waals surface area contributed by atoms with Crippen molar-refractivity contribution in [2.24, 2.45) is 0 Å². The summed E-state index contributed by atoms with van der Waals surface area (Å²) < 4.78 is 54.1. The second-order valence-corrected chi connectivity index (χ2v) is 7.02.